The van der Waals surface area contributed by atoms with Crippen molar-refractivity contribution in [1.29, 1.82) is 0 Å². The Balaban J connectivity index is 1.89. The highest BCUT2D eigenvalue weighted by Crippen LogP contribution is 2.20. The molecule has 19 heavy (non-hydrogen) atoms. The molecule has 3 atom stereocenters. The van der Waals surface area contributed by atoms with Crippen LogP contribution in [0.25, 0.3) is 0 Å². The monoisotopic (exact) mass is 267 g/mol. The first-order valence-electron chi connectivity index (χ1n) is 7.78. The van der Waals surface area contributed by atoms with E-state index in [9.17, 15) is 4.79 Å². The van der Waals surface area contributed by atoms with E-state index in [0.29, 0.717) is 11.8 Å². The highest BCUT2D eigenvalue weighted by atomic mass is 16.2. The van der Waals surface area contributed by atoms with E-state index >= 15 is 0 Å². The molecule has 1 amide bonds. The van der Waals surface area contributed by atoms with Gasteiger partial charge in [0.2, 0.25) is 5.91 Å². The maximum atomic E-state index is 12.2. The van der Waals surface area contributed by atoms with Gasteiger partial charge in [-0.3, -0.25) is 10.1 Å². The molecule has 2 saturated heterocycles. The number of hydrogen-bond donors (Lipinski definition) is 1. The van der Waals surface area contributed by atoms with Gasteiger partial charge < -0.3 is 9.80 Å². The molecule has 0 aliphatic carbocycles. The van der Waals surface area contributed by atoms with E-state index in [1.807, 2.05) is 6.92 Å². The van der Waals surface area contributed by atoms with E-state index in [1.165, 1.54) is 25.9 Å². The van der Waals surface area contributed by atoms with Gasteiger partial charge >= 0.3 is 0 Å². The third kappa shape index (κ3) is 3.48. The minimum Gasteiger partial charge on any atom is -0.325 e. The van der Waals surface area contributed by atoms with Gasteiger partial charge in [-0.15, -0.1) is 0 Å². The van der Waals surface area contributed by atoms with Gasteiger partial charge in [0.15, 0.2) is 0 Å². The number of amides is 1. The lowest BCUT2D eigenvalue weighted by Crippen LogP contribution is -2.44. The quantitative estimate of drug-likeness (QED) is 0.820. The van der Waals surface area contributed by atoms with E-state index in [-0.39, 0.29) is 18.1 Å². The Bertz CT molecular complexity index is 313. The summed E-state index contributed by atoms with van der Waals surface area (Å²) in [6.07, 6.45) is 2.88. The molecule has 2 aliphatic heterocycles. The second kappa shape index (κ2) is 6.23. The lowest BCUT2D eigenvalue weighted by Gasteiger charge is -2.31. The van der Waals surface area contributed by atoms with Crippen molar-refractivity contribution in [2.24, 2.45) is 11.8 Å². The van der Waals surface area contributed by atoms with Crippen molar-refractivity contribution in [3.05, 3.63) is 0 Å². The number of carbonyl (C=O) groups is 1. The van der Waals surface area contributed by atoms with Crippen molar-refractivity contribution >= 4 is 5.91 Å². The van der Waals surface area contributed by atoms with E-state index in [4.69, 9.17) is 0 Å². The first-order valence-corrected chi connectivity index (χ1v) is 7.78. The molecule has 2 fully saturated rings. The number of nitrogens with zero attached hydrogens (tertiary/aromatic N) is 2. The largest absolute Gasteiger partial charge is 0.325 e. The van der Waals surface area contributed by atoms with Gasteiger partial charge in [0.1, 0.15) is 0 Å². The predicted octanol–water partition coefficient (Wildman–Crippen LogP) is 1.52. The van der Waals surface area contributed by atoms with Crippen molar-refractivity contribution in [2.75, 3.05) is 26.2 Å². The van der Waals surface area contributed by atoms with Crippen molar-refractivity contribution < 1.29 is 4.79 Å². The van der Waals surface area contributed by atoms with Crippen molar-refractivity contribution in [3.8, 4) is 0 Å². The minimum atomic E-state index is -0.0219. The smallest absolute Gasteiger partial charge is 0.240 e. The van der Waals surface area contributed by atoms with Crippen molar-refractivity contribution in [1.82, 2.24) is 15.1 Å². The molecule has 2 heterocycles. The third-order valence-electron chi connectivity index (χ3n) is 4.32. The van der Waals surface area contributed by atoms with E-state index in [2.05, 4.69) is 35.9 Å². The fourth-order valence-corrected chi connectivity index (χ4v) is 3.36. The summed E-state index contributed by atoms with van der Waals surface area (Å²) >= 11 is 0. The standard InChI is InChI=1S/C15H29N3O/c1-11(2)14-16-13(4)15(19)18(14)10-12(3)9-17-7-5-6-8-17/h11-14,16H,5-10H2,1-4H3. The molecule has 0 saturated carbocycles. The summed E-state index contributed by atoms with van der Waals surface area (Å²) in [6.45, 7) is 13.1. The Labute approximate surface area is 117 Å². The molecule has 3 unspecified atom stereocenters. The SMILES string of the molecule is CC(CN1CCCC1)CN1C(=O)C(C)NC1C(C)C. The van der Waals surface area contributed by atoms with Gasteiger partial charge in [-0.2, -0.15) is 0 Å². The summed E-state index contributed by atoms with van der Waals surface area (Å²) in [5.41, 5.74) is 0. The van der Waals surface area contributed by atoms with Crippen LogP contribution >= 0.6 is 0 Å². The zero-order valence-corrected chi connectivity index (χ0v) is 12.9. The summed E-state index contributed by atoms with van der Waals surface area (Å²) in [6, 6.07) is -0.0219. The average molecular weight is 267 g/mol. The molecule has 0 spiro atoms. The average Bonchev–Trinajstić information content (AvgIpc) is 2.92. The molecule has 4 nitrogen and oxygen atoms in total. The Hall–Kier alpha value is -0.610. The molecule has 4 heteroatoms. The fourth-order valence-electron chi connectivity index (χ4n) is 3.36. The Kier molecular flexibility index (Phi) is 4.85. The topological polar surface area (TPSA) is 35.6 Å². The van der Waals surface area contributed by atoms with Gasteiger partial charge in [-0.05, 0) is 44.7 Å². The van der Waals surface area contributed by atoms with Crippen LogP contribution in [-0.2, 0) is 4.79 Å². The van der Waals surface area contributed by atoms with Crippen LogP contribution in [-0.4, -0.2) is 54.1 Å². The van der Waals surface area contributed by atoms with Gasteiger partial charge in [0, 0.05) is 13.1 Å². The molecular weight excluding hydrogens is 238 g/mol. The lowest BCUT2D eigenvalue weighted by molar-refractivity contribution is -0.130. The normalized spacial score (nSPS) is 30.6. The Morgan fingerprint density at radius 2 is 1.84 bits per heavy atom. The van der Waals surface area contributed by atoms with Crippen LogP contribution in [0.2, 0.25) is 0 Å². The maximum absolute atomic E-state index is 12.2. The van der Waals surface area contributed by atoms with Gasteiger partial charge in [-0.25, -0.2) is 0 Å². The van der Waals surface area contributed by atoms with Crippen LogP contribution < -0.4 is 5.32 Å². The van der Waals surface area contributed by atoms with Crippen LogP contribution in [0.1, 0.15) is 40.5 Å². The molecule has 0 radical (unpaired) electrons. The summed E-state index contributed by atoms with van der Waals surface area (Å²) in [5.74, 6) is 1.29. The van der Waals surface area contributed by atoms with Crippen LogP contribution in [0.5, 0.6) is 0 Å². The number of likely N-dealkylation sites (tertiary alicyclic amines) is 1. The van der Waals surface area contributed by atoms with Crippen LogP contribution in [0.3, 0.4) is 0 Å². The number of carbonyl (C=O) groups excluding carboxylic acids is 1. The number of nitrogens with one attached hydrogen (secondary N) is 1. The van der Waals surface area contributed by atoms with Crippen molar-refractivity contribution in [3.63, 3.8) is 0 Å². The van der Waals surface area contributed by atoms with Gasteiger partial charge in [0.05, 0.1) is 12.2 Å². The second-order valence-corrected chi connectivity index (χ2v) is 6.68. The summed E-state index contributed by atoms with van der Waals surface area (Å²) < 4.78 is 0. The molecule has 0 aromatic carbocycles. The lowest BCUT2D eigenvalue weighted by atomic mass is 10.1. The molecule has 2 aliphatic rings. The summed E-state index contributed by atoms with van der Waals surface area (Å²) in [7, 11) is 0. The van der Waals surface area contributed by atoms with E-state index in [1.54, 1.807) is 0 Å². The van der Waals surface area contributed by atoms with E-state index < -0.39 is 0 Å². The third-order valence-corrected chi connectivity index (χ3v) is 4.32. The van der Waals surface area contributed by atoms with Crippen LogP contribution in [0.4, 0.5) is 0 Å². The van der Waals surface area contributed by atoms with Crippen LogP contribution in [0, 0.1) is 11.8 Å². The highest BCUT2D eigenvalue weighted by Gasteiger charge is 2.38. The molecule has 0 aromatic heterocycles. The molecule has 0 bridgehead atoms. The van der Waals surface area contributed by atoms with E-state index in [0.717, 1.165) is 13.1 Å². The molecule has 110 valence electrons. The highest BCUT2D eigenvalue weighted by molar-refractivity contribution is 5.83. The maximum Gasteiger partial charge on any atom is 0.240 e. The van der Waals surface area contributed by atoms with Gasteiger partial charge in [0.25, 0.3) is 0 Å². The Morgan fingerprint density at radius 3 is 2.42 bits per heavy atom. The predicted molar refractivity (Wildman–Crippen MR) is 77.8 cm³/mol. The van der Waals surface area contributed by atoms with Crippen molar-refractivity contribution in [2.45, 2.75) is 52.7 Å². The van der Waals surface area contributed by atoms with Crippen LogP contribution in [0.15, 0.2) is 0 Å². The zero-order chi connectivity index (χ0) is 14.0. The fraction of sp³-hybridized carbons (Fsp3) is 0.933. The second-order valence-electron chi connectivity index (χ2n) is 6.68. The molecule has 1 N–H and O–H groups in total. The summed E-state index contributed by atoms with van der Waals surface area (Å²) in [4.78, 5) is 16.8. The summed E-state index contributed by atoms with van der Waals surface area (Å²) in [5, 5.41) is 3.41. The zero-order valence-electron chi connectivity index (χ0n) is 12.9. The molecule has 2 rings (SSSR count). The molecule has 0 aromatic rings. The first kappa shape index (κ1) is 14.8. The molecular formula is C15H29N3O. The number of rotatable bonds is 5. The first-order chi connectivity index (χ1) is 8.99. The Morgan fingerprint density at radius 1 is 1.21 bits per heavy atom. The number of hydrogen-bond acceptors (Lipinski definition) is 3. The minimum absolute atomic E-state index is 0.0219. The van der Waals surface area contributed by atoms with Gasteiger partial charge in [-0.1, -0.05) is 20.8 Å².